The van der Waals surface area contributed by atoms with Gasteiger partial charge in [0, 0.05) is 17.8 Å². The minimum atomic E-state index is -0.474. The highest BCUT2D eigenvalue weighted by molar-refractivity contribution is 5.89. The van der Waals surface area contributed by atoms with Crippen molar-refractivity contribution in [1.82, 2.24) is 5.32 Å². The minimum absolute atomic E-state index is 0.197. The fourth-order valence-corrected chi connectivity index (χ4v) is 1.76. The van der Waals surface area contributed by atoms with Gasteiger partial charge in [-0.05, 0) is 38.3 Å². The van der Waals surface area contributed by atoms with Crippen LogP contribution < -0.4 is 15.4 Å². The molecule has 1 aliphatic carbocycles. The van der Waals surface area contributed by atoms with Gasteiger partial charge in [-0.15, -0.1) is 0 Å². The van der Waals surface area contributed by atoms with Crippen LogP contribution in [-0.2, 0) is 0 Å². The number of anilines is 1. The van der Waals surface area contributed by atoms with Crippen LogP contribution in [0.15, 0.2) is 18.2 Å². The molecule has 2 amide bonds. The van der Waals surface area contributed by atoms with E-state index in [1.165, 1.54) is 12.1 Å². The maximum Gasteiger partial charge on any atom is 0.319 e. The molecule has 0 unspecified atom stereocenters. The van der Waals surface area contributed by atoms with Crippen LogP contribution in [-0.4, -0.2) is 18.7 Å². The van der Waals surface area contributed by atoms with Gasteiger partial charge in [0.15, 0.2) is 11.6 Å². The Balaban J connectivity index is 1.92. The van der Waals surface area contributed by atoms with E-state index >= 15 is 0 Å². The largest absolute Gasteiger partial charge is 0.491 e. The number of urea groups is 1. The zero-order chi connectivity index (χ0) is 13.0. The van der Waals surface area contributed by atoms with Crippen molar-refractivity contribution in [2.75, 3.05) is 11.9 Å². The average Bonchev–Trinajstić information content (AvgIpc) is 2.28. The summed E-state index contributed by atoms with van der Waals surface area (Å²) in [5.41, 5.74) is 0.424. The molecule has 0 aromatic heterocycles. The van der Waals surface area contributed by atoms with Crippen LogP contribution in [0.2, 0.25) is 0 Å². The van der Waals surface area contributed by atoms with Gasteiger partial charge in [0.2, 0.25) is 0 Å². The number of amides is 2. The molecule has 18 heavy (non-hydrogen) atoms. The summed E-state index contributed by atoms with van der Waals surface area (Å²) in [7, 11) is 0. The van der Waals surface area contributed by atoms with E-state index < -0.39 is 5.82 Å². The summed E-state index contributed by atoms with van der Waals surface area (Å²) in [4.78, 5) is 11.6. The van der Waals surface area contributed by atoms with E-state index in [0.717, 1.165) is 19.3 Å². The molecule has 0 spiro atoms. The molecule has 1 fully saturated rings. The summed E-state index contributed by atoms with van der Waals surface area (Å²) in [6, 6.07) is 4.36. The zero-order valence-electron chi connectivity index (χ0n) is 10.3. The highest BCUT2D eigenvalue weighted by Gasteiger charge is 2.19. The molecular formula is C13H17FN2O2. The zero-order valence-corrected chi connectivity index (χ0v) is 10.3. The van der Waals surface area contributed by atoms with Gasteiger partial charge in [0.25, 0.3) is 0 Å². The van der Waals surface area contributed by atoms with Crippen LogP contribution in [0.5, 0.6) is 5.75 Å². The maximum absolute atomic E-state index is 13.5. The first-order valence-electron chi connectivity index (χ1n) is 6.19. The fourth-order valence-electron chi connectivity index (χ4n) is 1.76. The SMILES string of the molecule is CCOc1ccc(NC(=O)NC2CCC2)cc1F. The molecule has 0 heterocycles. The van der Waals surface area contributed by atoms with Crippen molar-refractivity contribution in [2.45, 2.75) is 32.2 Å². The van der Waals surface area contributed by atoms with E-state index in [4.69, 9.17) is 4.74 Å². The molecule has 4 nitrogen and oxygen atoms in total. The van der Waals surface area contributed by atoms with Crippen LogP contribution in [0.4, 0.5) is 14.9 Å². The maximum atomic E-state index is 13.5. The fraction of sp³-hybridized carbons (Fsp3) is 0.462. The molecule has 0 saturated heterocycles. The first-order valence-corrected chi connectivity index (χ1v) is 6.19. The number of benzene rings is 1. The summed E-state index contributed by atoms with van der Waals surface area (Å²) >= 11 is 0. The van der Waals surface area contributed by atoms with Crippen LogP contribution in [0.1, 0.15) is 26.2 Å². The van der Waals surface area contributed by atoms with Crippen molar-refractivity contribution in [3.8, 4) is 5.75 Å². The molecule has 2 rings (SSSR count). The van der Waals surface area contributed by atoms with E-state index in [1.807, 2.05) is 0 Å². The number of ether oxygens (including phenoxy) is 1. The van der Waals surface area contributed by atoms with Gasteiger partial charge in [-0.2, -0.15) is 0 Å². The van der Waals surface area contributed by atoms with Crippen molar-refractivity contribution in [3.63, 3.8) is 0 Å². The van der Waals surface area contributed by atoms with Crippen LogP contribution in [0, 0.1) is 5.82 Å². The second-order valence-corrected chi connectivity index (χ2v) is 4.30. The lowest BCUT2D eigenvalue weighted by atomic mass is 9.93. The monoisotopic (exact) mass is 252 g/mol. The Labute approximate surface area is 106 Å². The predicted octanol–water partition coefficient (Wildman–Crippen LogP) is 2.90. The standard InChI is InChI=1S/C13H17FN2O2/c1-2-18-12-7-6-10(8-11(12)14)16-13(17)15-9-4-3-5-9/h6-9H,2-5H2,1H3,(H2,15,16,17). The van der Waals surface area contributed by atoms with Crippen LogP contribution in [0.3, 0.4) is 0 Å². The van der Waals surface area contributed by atoms with Crippen molar-refractivity contribution in [2.24, 2.45) is 0 Å². The highest BCUT2D eigenvalue weighted by atomic mass is 19.1. The lowest BCUT2D eigenvalue weighted by molar-refractivity contribution is 0.240. The molecule has 0 atom stereocenters. The van der Waals surface area contributed by atoms with Gasteiger partial charge >= 0.3 is 6.03 Å². The lowest BCUT2D eigenvalue weighted by Gasteiger charge is -2.26. The number of halogens is 1. The summed E-state index contributed by atoms with van der Waals surface area (Å²) in [6.45, 7) is 2.20. The van der Waals surface area contributed by atoms with Gasteiger partial charge in [-0.1, -0.05) is 0 Å². The van der Waals surface area contributed by atoms with E-state index in [0.29, 0.717) is 12.3 Å². The third kappa shape index (κ3) is 3.12. The molecule has 1 aromatic carbocycles. The lowest BCUT2D eigenvalue weighted by Crippen LogP contribution is -2.41. The number of hydrogen-bond donors (Lipinski definition) is 2. The Morgan fingerprint density at radius 2 is 2.28 bits per heavy atom. The number of carbonyl (C=O) groups is 1. The number of rotatable bonds is 4. The Bertz CT molecular complexity index is 433. The number of hydrogen-bond acceptors (Lipinski definition) is 2. The summed E-state index contributed by atoms with van der Waals surface area (Å²) in [5, 5.41) is 5.43. The van der Waals surface area contributed by atoms with Gasteiger partial charge in [-0.3, -0.25) is 0 Å². The Morgan fingerprint density at radius 1 is 1.50 bits per heavy atom. The molecule has 0 bridgehead atoms. The normalized spacial score (nSPS) is 14.8. The van der Waals surface area contributed by atoms with Crippen molar-refractivity contribution in [3.05, 3.63) is 24.0 Å². The Morgan fingerprint density at radius 3 is 2.83 bits per heavy atom. The van der Waals surface area contributed by atoms with E-state index in [9.17, 15) is 9.18 Å². The molecule has 1 aromatic rings. The average molecular weight is 252 g/mol. The first kappa shape index (κ1) is 12.7. The number of nitrogens with one attached hydrogen (secondary N) is 2. The quantitative estimate of drug-likeness (QED) is 0.865. The molecule has 2 N–H and O–H groups in total. The summed E-state index contributed by atoms with van der Waals surface area (Å²) in [6.07, 6.45) is 3.19. The third-order valence-corrected chi connectivity index (χ3v) is 2.93. The molecule has 0 radical (unpaired) electrons. The van der Waals surface area contributed by atoms with Crippen LogP contribution in [0.25, 0.3) is 0 Å². The van der Waals surface area contributed by atoms with E-state index in [-0.39, 0.29) is 17.8 Å². The molecule has 1 aliphatic rings. The first-order chi connectivity index (χ1) is 8.69. The molecule has 98 valence electrons. The van der Waals surface area contributed by atoms with Gasteiger partial charge < -0.3 is 15.4 Å². The van der Waals surface area contributed by atoms with Crippen molar-refractivity contribution in [1.29, 1.82) is 0 Å². The number of carbonyl (C=O) groups excluding carboxylic acids is 1. The van der Waals surface area contributed by atoms with E-state index in [2.05, 4.69) is 10.6 Å². The summed E-state index contributed by atoms with van der Waals surface area (Å²) in [5.74, 6) is -0.277. The molecule has 0 aliphatic heterocycles. The van der Waals surface area contributed by atoms with E-state index in [1.54, 1.807) is 13.0 Å². The Hall–Kier alpha value is -1.78. The van der Waals surface area contributed by atoms with Gasteiger partial charge in [0.1, 0.15) is 0 Å². The topological polar surface area (TPSA) is 50.4 Å². The highest BCUT2D eigenvalue weighted by Crippen LogP contribution is 2.21. The molecule has 5 heteroatoms. The smallest absolute Gasteiger partial charge is 0.319 e. The second-order valence-electron chi connectivity index (χ2n) is 4.30. The van der Waals surface area contributed by atoms with Crippen molar-refractivity contribution >= 4 is 11.7 Å². The van der Waals surface area contributed by atoms with Gasteiger partial charge in [-0.25, -0.2) is 9.18 Å². The second kappa shape index (κ2) is 5.71. The van der Waals surface area contributed by atoms with Gasteiger partial charge in [0.05, 0.1) is 6.61 Å². The Kier molecular flexibility index (Phi) is 4.02. The summed E-state index contributed by atoms with van der Waals surface area (Å²) < 4.78 is 18.6. The molecule has 1 saturated carbocycles. The minimum Gasteiger partial charge on any atom is -0.491 e. The van der Waals surface area contributed by atoms with Crippen molar-refractivity contribution < 1.29 is 13.9 Å². The third-order valence-electron chi connectivity index (χ3n) is 2.93. The predicted molar refractivity (Wildman–Crippen MR) is 67.4 cm³/mol. The molecular weight excluding hydrogens is 235 g/mol. The van der Waals surface area contributed by atoms with Crippen LogP contribution >= 0.6 is 0 Å².